The van der Waals surface area contributed by atoms with E-state index in [-0.39, 0.29) is 12.3 Å². The van der Waals surface area contributed by atoms with Gasteiger partial charge in [0.25, 0.3) is 0 Å². The third-order valence-electron chi connectivity index (χ3n) is 1.60. The average molecular weight is 218 g/mol. The Balaban J connectivity index is 3.50. The van der Waals surface area contributed by atoms with Gasteiger partial charge in [-0.25, -0.2) is 4.79 Å². The normalized spacial score (nSPS) is 10.0. The number of nitrogens with one attached hydrogen (secondary N) is 2. The number of urea groups is 1. The Morgan fingerprint density at radius 1 is 1.36 bits per heavy atom. The maximum Gasteiger partial charge on any atom is 0.321 e. The van der Waals surface area contributed by atoms with Gasteiger partial charge in [0.2, 0.25) is 5.91 Å². The van der Waals surface area contributed by atoms with Crippen LogP contribution in [0.4, 0.5) is 4.79 Å². The lowest BCUT2D eigenvalue weighted by Crippen LogP contribution is -2.40. The molecule has 0 saturated heterocycles. The maximum atomic E-state index is 11.0. The van der Waals surface area contributed by atoms with Crippen LogP contribution in [0, 0.1) is 5.92 Å². The highest BCUT2D eigenvalue weighted by Crippen LogP contribution is 1.95. The zero-order valence-corrected chi connectivity index (χ0v) is 9.56. The van der Waals surface area contributed by atoms with Crippen LogP contribution in [0.15, 0.2) is 0 Å². The fourth-order valence-electron chi connectivity index (χ4n) is 0.809. The minimum atomic E-state index is -0.419. The molecule has 0 radical (unpaired) electrons. The van der Waals surface area contributed by atoms with E-state index in [0.29, 0.717) is 18.2 Å². The van der Waals surface area contributed by atoms with Crippen LogP contribution < -0.4 is 10.6 Å². The van der Waals surface area contributed by atoms with Crippen LogP contribution in [-0.4, -0.2) is 24.2 Å². The van der Waals surface area contributed by atoms with Crippen molar-refractivity contribution in [1.29, 1.82) is 0 Å². The zero-order chi connectivity index (χ0) is 11.0. The first-order chi connectivity index (χ1) is 6.56. The number of hydrogen-bond acceptors (Lipinski definition) is 3. The van der Waals surface area contributed by atoms with Gasteiger partial charge in [-0.2, -0.15) is 12.6 Å². The SMILES string of the molecule is CC(C)CCNC(=O)NC(=O)CCS. The molecule has 0 aromatic carbocycles. The van der Waals surface area contributed by atoms with Crippen LogP contribution in [-0.2, 0) is 4.79 Å². The Morgan fingerprint density at radius 3 is 2.50 bits per heavy atom. The average Bonchev–Trinajstić information content (AvgIpc) is 2.03. The van der Waals surface area contributed by atoms with Gasteiger partial charge in [-0.05, 0) is 18.1 Å². The van der Waals surface area contributed by atoms with Gasteiger partial charge in [-0.1, -0.05) is 13.8 Å². The summed E-state index contributed by atoms with van der Waals surface area (Å²) in [4.78, 5) is 22.0. The monoisotopic (exact) mass is 218 g/mol. The van der Waals surface area contributed by atoms with Crippen molar-refractivity contribution in [3.63, 3.8) is 0 Å². The third-order valence-corrected chi connectivity index (χ3v) is 1.82. The van der Waals surface area contributed by atoms with Crippen molar-refractivity contribution in [1.82, 2.24) is 10.6 Å². The number of imide groups is 1. The molecule has 5 heteroatoms. The molecule has 0 atom stereocenters. The molecule has 0 fully saturated rings. The first kappa shape index (κ1) is 13.3. The molecule has 0 aromatic rings. The van der Waals surface area contributed by atoms with Crippen LogP contribution in [0.25, 0.3) is 0 Å². The van der Waals surface area contributed by atoms with E-state index in [9.17, 15) is 9.59 Å². The second-order valence-electron chi connectivity index (χ2n) is 3.46. The van der Waals surface area contributed by atoms with E-state index in [1.165, 1.54) is 0 Å². The summed E-state index contributed by atoms with van der Waals surface area (Å²) in [5.41, 5.74) is 0. The molecular formula is C9H18N2O2S. The highest BCUT2D eigenvalue weighted by atomic mass is 32.1. The van der Waals surface area contributed by atoms with Gasteiger partial charge < -0.3 is 5.32 Å². The summed E-state index contributed by atoms with van der Waals surface area (Å²) >= 11 is 3.89. The molecule has 0 aliphatic heterocycles. The van der Waals surface area contributed by atoms with Gasteiger partial charge in [0.05, 0.1) is 0 Å². The summed E-state index contributed by atoms with van der Waals surface area (Å²) in [5.74, 6) is 0.705. The lowest BCUT2D eigenvalue weighted by atomic mass is 10.1. The molecule has 0 aliphatic rings. The molecular weight excluding hydrogens is 200 g/mol. The van der Waals surface area contributed by atoms with Gasteiger partial charge in [0, 0.05) is 13.0 Å². The first-order valence-electron chi connectivity index (χ1n) is 4.74. The number of carbonyl (C=O) groups excluding carboxylic acids is 2. The van der Waals surface area contributed by atoms with Gasteiger partial charge >= 0.3 is 6.03 Å². The fourth-order valence-corrected chi connectivity index (χ4v) is 1.01. The molecule has 3 amide bonds. The minimum Gasteiger partial charge on any atom is -0.338 e. The predicted molar refractivity (Wildman–Crippen MR) is 59.5 cm³/mol. The van der Waals surface area contributed by atoms with E-state index < -0.39 is 6.03 Å². The van der Waals surface area contributed by atoms with E-state index >= 15 is 0 Å². The Kier molecular flexibility index (Phi) is 7.28. The van der Waals surface area contributed by atoms with Crippen LogP contribution >= 0.6 is 12.6 Å². The molecule has 0 heterocycles. The second-order valence-corrected chi connectivity index (χ2v) is 3.91. The molecule has 0 unspecified atom stereocenters. The largest absolute Gasteiger partial charge is 0.338 e. The summed E-state index contributed by atoms with van der Waals surface area (Å²) in [7, 11) is 0. The Morgan fingerprint density at radius 2 is 2.00 bits per heavy atom. The Labute approximate surface area is 90.2 Å². The summed E-state index contributed by atoms with van der Waals surface area (Å²) in [6, 6.07) is -0.419. The highest BCUT2D eigenvalue weighted by Gasteiger charge is 2.05. The highest BCUT2D eigenvalue weighted by molar-refractivity contribution is 7.80. The predicted octanol–water partition coefficient (Wildman–Crippen LogP) is 1.18. The van der Waals surface area contributed by atoms with E-state index in [4.69, 9.17) is 0 Å². The van der Waals surface area contributed by atoms with E-state index in [0.717, 1.165) is 6.42 Å². The van der Waals surface area contributed by atoms with Gasteiger partial charge in [0.1, 0.15) is 0 Å². The lowest BCUT2D eigenvalue weighted by Gasteiger charge is -2.07. The topological polar surface area (TPSA) is 58.2 Å². The number of hydrogen-bond donors (Lipinski definition) is 3. The summed E-state index contributed by atoms with van der Waals surface area (Å²) in [6.45, 7) is 4.74. The lowest BCUT2D eigenvalue weighted by molar-refractivity contribution is -0.119. The first-order valence-corrected chi connectivity index (χ1v) is 5.38. The molecule has 0 aromatic heterocycles. The van der Waals surface area contributed by atoms with Gasteiger partial charge in [-0.3, -0.25) is 10.1 Å². The molecule has 14 heavy (non-hydrogen) atoms. The molecule has 2 N–H and O–H groups in total. The smallest absolute Gasteiger partial charge is 0.321 e. The second kappa shape index (κ2) is 7.67. The summed E-state index contributed by atoms with van der Waals surface area (Å²) < 4.78 is 0. The van der Waals surface area contributed by atoms with Crippen molar-refractivity contribution in [2.45, 2.75) is 26.7 Å². The van der Waals surface area contributed by atoms with Crippen molar-refractivity contribution in [2.24, 2.45) is 5.92 Å². The van der Waals surface area contributed by atoms with Crippen molar-refractivity contribution in [3.05, 3.63) is 0 Å². The molecule has 0 saturated carbocycles. The third kappa shape index (κ3) is 7.91. The van der Waals surface area contributed by atoms with Crippen LogP contribution in [0.1, 0.15) is 26.7 Å². The number of amides is 3. The van der Waals surface area contributed by atoms with Crippen LogP contribution in [0.5, 0.6) is 0 Å². The van der Waals surface area contributed by atoms with Crippen molar-refractivity contribution >= 4 is 24.6 Å². The molecule has 0 bridgehead atoms. The van der Waals surface area contributed by atoms with Crippen molar-refractivity contribution < 1.29 is 9.59 Å². The van der Waals surface area contributed by atoms with Crippen LogP contribution in [0.3, 0.4) is 0 Å². The number of carbonyl (C=O) groups is 2. The molecule has 0 aliphatic carbocycles. The number of rotatable bonds is 5. The molecule has 0 spiro atoms. The quantitative estimate of drug-likeness (QED) is 0.607. The van der Waals surface area contributed by atoms with Crippen molar-refractivity contribution in [2.75, 3.05) is 12.3 Å². The standard InChI is InChI=1S/C9H18N2O2S/c1-7(2)3-5-10-9(13)11-8(12)4-6-14/h7,14H,3-6H2,1-2H3,(H2,10,11,12,13). The van der Waals surface area contributed by atoms with E-state index in [2.05, 4.69) is 37.1 Å². The minimum absolute atomic E-state index is 0.265. The summed E-state index contributed by atoms with van der Waals surface area (Å²) in [5, 5.41) is 4.82. The Hall–Kier alpha value is -0.710. The molecule has 82 valence electrons. The Bertz CT molecular complexity index is 195. The zero-order valence-electron chi connectivity index (χ0n) is 8.67. The molecule has 0 rings (SSSR count). The summed E-state index contributed by atoms with van der Waals surface area (Å²) in [6.07, 6.45) is 1.18. The number of thiol groups is 1. The fraction of sp³-hybridized carbons (Fsp3) is 0.778. The van der Waals surface area contributed by atoms with Gasteiger partial charge in [0.15, 0.2) is 0 Å². The molecule has 4 nitrogen and oxygen atoms in total. The van der Waals surface area contributed by atoms with Crippen molar-refractivity contribution in [3.8, 4) is 0 Å². The van der Waals surface area contributed by atoms with Crippen LogP contribution in [0.2, 0.25) is 0 Å². The maximum absolute atomic E-state index is 11.0. The van der Waals surface area contributed by atoms with E-state index in [1.807, 2.05) is 0 Å². The van der Waals surface area contributed by atoms with Gasteiger partial charge in [-0.15, -0.1) is 0 Å². The van der Waals surface area contributed by atoms with E-state index in [1.54, 1.807) is 0 Å².